The van der Waals surface area contributed by atoms with Crippen LogP contribution in [0.5, 0.6) is 0 Å². The second-order valence-electron chi connectivity index (χ2n) is 19.3. The summed E-state index contributed by atoms with van der Waals surface area (Å²) < 4.78 is 40.3. The normalized spacial score (nSPS) is 13.5. The second kappa shape index (κ2) is 16.7. The lowest BCUT2D eigenvalue weighted by atomic mass is 9.70. The molecule has 15 rings (SSSR count). The van der Waals surface area contributed by atoms with Crippen LogP contribution in [-0.2, 0) is 5.41 Å². The van der Waals surface area contributed by atoms with E-state index in [9.17, 15) is 5.48 Å². The Kier molecular flexibility index (Phi) is 8.58. The molecule has 0 saturated heterocycles. The SMILES string of the molecule is [2H]c1c([2H])c(N(c2ccccc2)c2ccccc2)c([2H])c([2H])c1-c1ccc2cc(N(c3ccc4c(c3)C3(c5ccccc5-c5ccccc53)c3ccccc3-4)c3ccc4c(c3)c3ccccc3n4-c3ccccc3)ccc2c1. The zero-order valence-corrected chi connectivity index (χ0v) is 40.2. The second-order valence-corrected chi connectivity index (χ2v) is 19.3. The summed E-state index contributed by atoms with van der Waals surface area (Å²) in [5, 5.41) is 4.20. The quantitative estimate of drug-likeness (QED) is 0.150. The Morgan fingerprint density at radius 3 is 1.43 bits per heavy atom. The molecule has 2 aliphatic carbocycles. The Morgan fingerprint density at radius 1 is 0.297 bits per heavy atom. The molecule has 74 heavy (non-hydrogen) atoms. The number of hydrogen-bond acceptors (Lipinski definition) is 2. The van der Waals surface area contributed by atoms with Crippen molar-refractivity contribution in [2.75, 3.05) is 9.80 Å². The highest BCUT2D eigenvalue weighted by Gasteiger charge is 2.51. The van der Waals surface area contributed by atoms with Crippen molar-refractivity contribution in [3.63, 3.8) is 0 Å². The molecule has 0 atom stereocenters. The van der Waals surface area contributed by atoms with Gasteiger partial charge >= 0.3 is 0 Å². The monoisotopic (exact) mass is 945 g/mol. The summed E-state index contributed by atoms with van der Waals surface area (Å²) in [6.45, 7) is 0. The number of rotatable bonds is 8. The first-order chi connectivity index (χ1) is 38.4. The van der Waals surface area contributed by atoms with Gasteiger partial charge in [0.2, 0.25) is 0 Å². The van der Waals surface area contributed by atoms with Crippen LogP contribution in [0.4, 0.5) is 34.1 Å². The van der Waals surface area contributed by atoms with E-state index in [2.05, 4.69) is 191 Å². The van der Waals surface area contributed by atoms with Crippen molar-refractivity contribution in [2.24, 2.45) is 0 Å². The molecule has 0 saturated carbocycles. The van der Waals surface area contributed by atoms with Crippen molar-refractivity contribution in [1.82, 2.24) is 4.57 Å². The molecule has 0 N–H and O–H groups in total. The Balaban J connectivity index is 0.912. The topological polar surface area (TPSA) is 11.4 Å². The van der Waals surface area contributed by atoms with Crippen molar-refractivity contribution >= 4 is 66.7 Å². The number of hydrogen-bond donors (Lipinski definition) is 0. The minimum absolute atomic E-state index is 0.0990. The molecule has 0 amide bonds. The third-order valence-corrected chi connectivity index (χ3v) is 15.4. The van der Waals surface area contributed by atoms with Gasteiger partial charge in [-0.3, -0.25) is 0 Å². The summed E-state index contributed by atoms with van der Waals surface area (Å²) in [6, 6.07) is 91.1. The molecule has 0 radical (unpaired) electrons. The molecule has 12 aromatic carbocycles. The molecule has 13 aromatic rings. The third-order valence-electron chi connectivity index (χ3n) is 15.4. The molecular formula is C71H47N3. The fourth-order valence-corrected chi connectivity index (χ4v) is 12.3. The highest BCUT2D eigenvalue weighted by molar-refractivity contribution is 6.11. The van der Waals surface area contributed by atoms with Gasteiger partial charge in [-0.05, 0) is 169 Å². The number of aromatic nitrogens is 1. The first-order valence-electron chi connectivity index (χ1n) is 27.3. The lowest BCUT2D eigenvalue weighted by Gasteiger charge is -2.32. The van der Waals surface area contributed by atoms with Crippen LogP contribution < -0.4 is 9.80 Å². The van der Waals surface area contributed by atoms with Crippen molar-refractivity contribution < 1.29 is 5.48 Å². The number of nitrogens with zero attached hydrogens (tertiary/aromatic N) is 3. The van der Waals surface area contributed by atoms with Crippen LogP contribution in [0.1, 0.15) is 27.7 Å². The van der Waals surface area contributed by atoms with Crippen LogP contribution in [-0.4, -0.2) is 4.57 Å². The maximum Gasteiger partial charge on any atom is 0.0726 e. The largest absolute Gasteiger partial charge is 0.311 e. The standard InChI is InChI=1S/C71H47N3/c1-4-18-52(19-5-1)72(53-20-6-2-7-21-53)55-37-34-48(35-38-55)49-32-33-51-45-56(39-36-50(51)44-49)73(57-41-43-70-64(46-57)63-27-13-17-31-69(63)74(70)54-22-8-3-9-23-54)58-40-42-62-61-26-12-16-30-67(61)71(68(62)47-58)65-28-14-10-24-59(65)60-25-11-15-29-66(60)71/h1-47H/i34D,35D,37D,38D. The molecule has 3 nitrogen and oxygen atoms in total. The van der Waals surface area contributed by atoms with E-state index in [1.807, 2.05) is 83.8 Å². The molecule has 1 spiro atoms. The highest BCUT2D eigenvalue weighted by atomic mass is 15.1. The van der Waals surface area contributed by atoms with E-state index in [1.54, 1.807) is 0 Å². The van der Waals surface area contributed by atoms with Gasteiger partial charge in [-0.15, -0.1) is 0 Å². The lowest BCUT2D eigenvalue weighted by Crippen LogP contribution is -2.26. The molecule has 0 unspecified atom stereocenters. The molecule has 1 heterocycles. The van der Waals surface area contributed by atoms with E-state index < -0.39 is 5.41 Å². The number of benzene rings is 12. The van der Waals surface area contributed by atoms with Gasteiger partial charge in [0.1, 0.15) is 0 Å². The van der Waals surface area contributed by atoms with Gasteiger partial charge < -0.3 is 14.4 Å². The predicted octanol–water partition coefficient (Wildman–Crippen LogP) is 18.9. The molecule has 0 bridgehead atoms. The summed E-state index contributed by atoms with van der Waals surface area (Å²) >= 11 is 0. The Labute approximate surface area is 436 Å². The van der Waals surface area contributed by atoms with E-state index in [0.717, 1.165) is 61.3 Å². The number of anilines is 6. The van der Waals surface area contributed by atoms with E-state index in [1.165, 1.54) is 49.9 Å². The molecule has 1 aromatic heterocycles. The molecule has 0 fully saturated rings. The molecule has 346 valence electrons. The van der Waals surface area contributed by atoms with Gasteiger partial charge in [-0.2, -0.15) is 0 Å². The minimum atomic E-state index is -0.529. The van der Waals surface area contributed by atoms with Crippen molar-refractivity contribution in [3.8, 4) is 39.1 Å². The predicted molar refractivity (Wildman–Crippen MR) is 309 cm³/mol. The zero-order valence-electron chi connectivity index (χ0n) is 44.2. The Morgan fingerprint density at radius 2 is 0.770 bits per heavy atom. The Hall–Kier alpha value is -9.70. The van der Waals surface area contributed by atoms with Gasteiger partial charge in [-0.25, -0.2) is 0 Å². The van der Waals surface area contributed by atoms with E-state index >= 15 is 0 Å². The first kappa shape index (κ1) is 38.0. The van der Waals surface area contributed by atoms with Crippen molar-refractivity contribution in [2.45, 2.75) is 5.41 Å². The fraction of sp³-hybridized carbons (Fsp3) is 0.0141. The van der Waals surface area contributed by atoms with Crippen LogP contribution in [0.3, 0.4) is 0 Å². The van der Waals surface area contributed by atoms with Gasteiger partial charge in [0.15, 0.2) is 0 Å². The van der Waals surface area contributed by atoms with Crippen molar-refractivity contribution in [3.05, 3.63) is 307 Å². The molecule has 0 aliphatic heterocycles. The van der Waals surface area contributed by atoms with Crippen molar-refractivity contribution in [1.29, 1.82) is 0 Å². The van der Waals surface area contributed by atoms with Crippen LogP contribution in [0.2, 0.25) is 0 Å². The van der Waals surface area contributed by atoms with Gasteiger partial charge in [-0.1, -0.05) is 182 Å². The zero-order chi connectivity index (χ0) is 52.2. The summed E-state index contributed by atoms with van der Waals surface area (Å²) in [7, 11) is 0. The molecule has 3 heteroatoms. The minimum Gasteiger partial charge on any atom is -0.311 e. The third kappa shape index (κ3) is 6.33. The average molecular weight is 946 g/mol. The maximum atomic E-state index is 9.49. The average Bonchev–Trinajstić information content (AvgIpc) is 4.02. The van der Waals surface area contributed by atoms with E-state index in [4.69, 9.17) is 0 Å². The van der Waals surface area contributed by atoms with Crippen LogP contribution >= 0.6 is 0 Å². The van der Waals surface area contributed by atoms with Crippen LogP contribution in [0, 0.1) is 0 Å². The van der Waals surface area contributed by atoms with E-state index in [-0.39, 0.29) is 35.4 Å². The summed E-state index contributed by atoms with van der Waals surface area (Å²) in [5.41, 5.74) is 18.5. The molecule has 2 aliphatic rings. The van der Waals surface area contributed by atoms with E-state index in [0.29, 0.717) is 5.56 Å². The number of para-hydroxylation sites is 4. The summed E-state index contributed by atoms with van der Waals surface area (Å²) in [5.74, 6) is 0. The first-order valence-corrected chi connectivity index (χ1v) is 25.3. The summed E-state index contributed by atoms with van der Waals surface area (Å²) in [6.07, 6.45) is 0. The van der Waals surface area contributed by atoms with Gasteiger partial charge in [0, 0.05) is 50.6 Å². The molecular weight excluding hydrogens is 895 g/mol. The Bertz CT molecular complexity index is 4440. The smallest absolute Gasteiger partial charge is 0.0726 e. The van der Waals surface area contributed by atoms with Gasteiger partial charge in [0.25, 0.3) is 0 Å². The summed E-state index contributed by atoms with van der Waals surface area (Å²) in [4.78, 5) is 4.19. The maximum absolute atomic E-state index is 9.49. The number of fused-ring (bicyclic) bond motifs is 14. The lowest BCUT2D eigenvalue weighted by molar-refractivity contribution is 0.793. The highest BCUT2D eigenvalue weighted by Crippen LogP contribution is 2.63. The van der Waals surface area contributed by atoms with Gasteiger partial charge in [0.05, 0.1) is 21.9 Å². The van der Waals surface area contributed by atoms with Crippen LogP contribution in [0.15, 0.2) is 285 Å². The fourth-order valence-electron chi connectivity index (χ4n) is 12.3. The van der Waals surface area contributed by atoms with Crippen LogP contribution in [0.25, 0.3) is 71.6 Å².